The molecule has 1 N–H and O–H groups in total. The van der Waals surface area contributed by atoms with E-state index in [1.54, 1.807) is 12.1 Å². The predicted octanol–water partition coefficient (Wildman–Crippen LogP) is 7.02. The van der Waals surface area contributed by atoms with Gasteiger partial charge < -0.3 is 9.84 Å². The van der Waals surface area contributed by atoms with Crippen LogP contribution in [0.1, 0.15) is 29.0 Å². The number of aromatic nitrogens is 2. The molecule has 0 saturated carbocycles. The summed E-state index contributed by atoms with van der Waals surface area (Å²) in [6.45, 7) is -0.0769. The number of ether oxygens (including phenoxy) is 1. The van der Waals surface area contributed by atoms with Crippen molar-refractivity contribution in [3.8, 4) is 11.3 Å². The van der Waals surface area contributed by atoms with Crippen molar-refractivity contribution >= 4 is 10.8 Å². The van der Waals surface area contributed by atoms with Crippen LogP contribution in [0.5, 0.6) is 0 Å². The van der Waals surface area contributed by atoms with E-state index in [-0.39, 0.29) is 6.61 Å². The zero-order chi connectivity index (χ0) is 25.1. The average Bonchev–Trinajstić information content (AvgIpc) is 3.40. The minimum atomic E-state index is -4.44. The van der Waals surface area contributed by atoms with Gasteiger partial charge in [-0.15, -0.1) is 0 Å². The number of nitrogens with zero attached hydrogens (tertiary/aromatic N) is 2. The van der Waals surface area contributed by atoms with E-state index in [1.165, 1.54) is 16.9 Å². The van der Waals surface area contributed by atoms with Crippen molar-refractivity contribution < 1.29 is 23.0 Å². The van der Waals surface area contributed by atoms with E-state index < -0.39 is 24.1 Å². The molecule has 0 aliphatic rings. The van der Waals surface area contributed by atoms with Gasteiger partial charge in [-0.1, -0.05) is 84.9 Å². The molecule has 0 bridgehead atoms. The third kappa shape index (κ3) is 5.03. The fourth-order valence-corrected chi connectivity index (χ4v) is 4.24. The largest absolute Gasteiger partial charge is 0.416 e. The normalized spacial score (nSPS) is 13.6. The zero-order valence-corrected chi connectivity index (χ0v) is 19.1. The van der Waals surface area contributed by atoms with Crippen molar-refractivity contribution in [1.29, 1.82) is 0 Å². The highest BCUT2D eigenvalue weighted by molar-refractivity contribution is 5.86. The molecule has 0 radical (unpaired) electrons. The Morgan fingerprint density at radius 2 is 1.56 bits per heavy atom. The lowest BCUT2D eigenvalue weighted by atomic mass is 9.96. The van der Waals surface area contributed by atoms with Gasteiger partial charge in [-0.3, -0.25) is 0 Å². The number of alkyl halides is 3. The number of rotatable bonds is 7. The topological polar surface area (TPSA) is 47.3 Å². The maximum atomic E-state index is 13.1. The molecule has 0 aliphatic heterocycles. The molecule has 2 unspecified atom stereocenters. The van der Waals surface area contributed by atoms with Crippen molar-refractivity contribution in [2.45, 2.75) is 18.5 Å². The fourth-order valence-electron chi connectivity index (χ4n) is 4.24. The van der Waals surface area contributed by atoms with E-state index in [4.69, 9.17) is 4.74 Å². The molecule has 4 nitrogen and oxygen atoms in total. The van der Waals surface area contributed by atoms with E-state index >= 15 is 0 Å². The van der Waals surface area contributed by atoms with Crippen LogP contribution >= 0.6 is 0 Å². The summed E-state index contributed by atoms with van der Waals surface area (Å²) in [6, 6.07) is 30.3. The summed E-state index contributed by atoms with van der Waals surface area (Å²) in [5.74, 6) is 0. The van der Waals surface area contributed by atoms with Crippen molar-refractivity contribution in [2.75, 3.05) is 6.61 Å². The molecule has 0 fully saturated rings. The van der Waals surface area contributed by atoms with Crippen molar-refractivity contribution in [3.05, 3.63) is 126 Å². The second kappa shape index (κ2) is 9.97. The highest BCUT2D eigenvalue weighted by Crippen LogP contribution is 2.33. The molecule has 4 aromatic carbocycles. The van der Waals surface area contributed by atoms with Crippen molar-refractivity contribution in [1.82, 2.24) is 9.78 Å². The third-order valence-corrected chi connectivity index (χ3v) is 6.02. The first kappa shape index (κ1) is 23.8. The van der Waals surface area contributed by atoms with Crippen LogP contribution in [-0.4, -0.2) is 21.5 Å². The van der Waals surface area contributed by atoms with Gasteiger partial charge in [0.25, 0.3) is 0 Å². The van der Waals surface area contributed by atoms with Crippen LogP contribution in [0.2, 0.25) is 0 Å². The van der Waals surface area contributed by atoms with Crippen LogP contribution < -0.4 is 0 Å². The molecule has 0 saturated heterocycles. The maximum absolute atomic E-state index is 13.1. The Bertz CT molecular complexity index is 1460. The number of benzene rings is 4. The number of hydrogen-bond acceptors (Lipinski definition) is 3. The molecule has 36 heavy (non-hydrogen) atoms. The summed E-state index contributed by atoms with van der Waals surface area (Å²) in [5, 5.41) is 17.2. The van der Waals surface area contributed by atoms with E-state index in [0.29, 0.717) is 11.3 Å². The summed E-state index contributed by atoms with van der Waals surface area (Å²) < 4.78 is 46.8. The van der Waals surface area contributed by atoms with Crippen LogP contribution in [-0.2, 0) is 10.9 Å². The van der Waals surface area contributed by atoms with Crippen LogP contribution in [0.3, 0.4) is 0 Å². The Morgan fingerprint density at radius 3 is 2.36 bits per heavy atom. The first-order valence-electron chi connectivity index (χ1n) is 11.5. The molecule has 0 aliphatic carbocycles. The smallest absolute Gasteiger partial charge is 0.370 e. The van der Waals surface area contributed by atoms with Crippen molar-refractivity contribution in [2.24, 2.45) is 0 Å². The molecule has 7 heteroatoms. The van der Waals surface area contributed by atoms with Gasteiger partial charge >= 0.3 is 6.18 Å². The molecule has 182 valence electrons. The van der Waals surface area contributed by atoms with Gasteiger partial charge in [-0.05, 0) is 40.1 Å². The van der Waals surface area contributed by atoms with E-state index in [0.717, 1.165) is 34.0 Å². The Kier molecular flexibility index (Phi) is 6.59. The van der Waals surface area contributed by atoms with E-state index in [1.807, 2.05) is 72.8 Å². The van der Waals surface area contributed by atoms with E-state index in [9.17, 15) is 18.3 Å². The summed E-state index contributed by atoms with van der Waals surface area (Å²) >= 11 is 0. The Morgan fingerprint density at radius 1 is 0.833 bits per heavy atom. The average molecular weight is 489 g/mol. The molecule has 0 spiro atoms. The predicted molar refractivity (Wildman–Crippen MR) is 132 cm³/mol. The molecule has 2 atom stereocenters. The lowest BCUT2D eigenvalue weighted by Gasteiger charge is -2.22. The van der Waals surface area contributed by atoms with Crippen LogP contribution in [0.25, 0.3) is 22.0 Å². The quantitative estimate of drug-likeness (QED) is 0.268. The Hall–Kier alpha value is -3.94. The van der Waals surface area contributed by atoms with Gasteiger partial charge in [0.15, 0.2) is 6.23 Å². The maximum Gasteiger partial charge on any atom is 0.416 e. The Balaban J connectivity index is 1.39. The molecule has 1 heterocycles. The van der Waals surface area contributed by atoms with Gasteiger partial charge in [0.05, 0.1) is 17.9 Å². The highest BCUT2D eigenvalue weighted by Gasteiger charge is 2.30. The van der Waals surface area contributed by atoms with Crippen LogP contribution in [0.4, 0.5) is 13.2 Å². The minimum Gasteiger partial charge on any atom is -0.370 e. The summed E-state index contributed by atoms with van der Waals surface area (Å²) in [4.78, 5) is 0. The van der Waals surface area contributed by atoms with Crippen LogP contribution in [0, 0.1) is 0 Å². The SMILES string of the molecule is OC(COC(c1ccccc1)c1cccc2ccccc12)n1ccc(-c2cccc(C(F)(F)F)c2)n1. The van der Waals surface area contributed by atoms with Gasteiger partial charge in [0.1, 0.15) is 6.10 Å². The summed E-state index contributed by atoms with van der Waals surface area (Å²) in [7, 11) is 0. The van der Waals surface area contributed by atoms with E-state index in [2.05, 4.69) is 5.10 Å². The van der Waals surface area contributed by atoms with Gasteiger partial charge in [-0.25, -0.2) is 4.68 Å². The second-order valence-corrected chi connectivity index (χ2v) is 8.43. The fraction of sp³-hybridized carbons (Fsp3) is 0.138. The first-order chi connectivity index (χ1) is 17.4. The molecule has 0 amide bonds. The molecular formula is C29H23F3N2O2. The Labute approximate surface area is 206 Å². The number of aliphatic hydroxyl groups excluding tert-OH is 1. The summed E-state index contributed by atoms with van der Waals surface area (Å²) in [5.41, 5.74) is 1.80. The molecule has 1 aromatic heterocycles. The zero-order valence-electron chi connectivity index (χ0n) is 19.1. The first-order valence-corrected chi connectivity index (χ1v) is 11.5. The third-order valence-electron chi connectivity index (χ3n) is 6.02. The molecule has 5 rings (SSSR count). The van der Waals surface area contributed by atoms with Crippen LogP contribution in [0.15, 0.2) is 109 Å². The molecule has 5 aromatic rings. The lowest BCUT2D eigenvalue weighted by Crippen LogP contribution is -2.18. The minimum absolute atomic E-state index is 0.0769. The van der Waals surface area contributed by atoms with Gasteiger partial charge in [-0.2, -0.15) is 18.3 Å². The highest BCUT2D eigenvalue weighted by atomic mass is 19.4. The van der Waals surface area contributed by atoms with Gasteiger partial charge in [0.2, 0.25) is 0 Å². The van der Waals surface area contributed by atoms with Crippen molar-refractivity contribution in [3.63, 3.8) is 0 Å². The second-order valence-electron chi connectivity index (χ2n) is 8.43. The number of halogens is 3. The monoisotopic (exact) mass is 488 g/mol. The molecular weight excluding hydrogens is 465 g/mol. The lowest BCUT2D eigenvalue weighted by molar-refractivity contribution is -0.137. The van der Waals surface area contributed by atoms with Gasteiger partial charge in [0, 0.05) is 11.8 Å². The number of fused-ring (bicyclic) bond motifs is 1. The standard InChI is InChI=1S/C29H23F3N2O2/c30-29(31,32)23-13-6-12-22(18-23)26-16-17-34(33-26)27(35)19-36-28(21-9-2-1-3-10-21)25-15-7-11-20-8-4-5-14-24(20)25/h1-18,27-28,35H,19H2. The number of aliphatic hydroxyl groups is 1. The summed E-state index contributed by atoms with van der Waals surface area (Å²) in [6.07, 6.45) is -4.49. The number of hydrogen-bond donors (Lipinski definition) is 1.